The quantitative estimate of drug-likeness (QED) is 0.800. The van der Waals surface area contributed by atoms with Gasteiger partial charge in [-0.15, -0.1) is 0 Å². The fourth-order valence-corrected chi connectivity index (χ4v) is 3.40. The zero-order valence-corrected chi connectivity index (χ0v) is 11.8. The van der Waals surface area contributed by atoms with E-state index in [-0.39, 0.29) is 0 Å². The predicted molar refractivity (Wildman–Crippen MR) is 73.3 cm³/mol. The molecule has 3 atom stereocenters. The summed E-state index contributed by atoms with van der Waals surface area (Å²) in [6.45, 7) is 11.1. The molecule has 0 aromatic carbocycles. The molecule has 2 aliphatic rings. The molecule has 0 aromatic heterocycles. The number of fused-ring (bicyclic) bond motifs is 1. The molecular weight excluding hydrogens is 210 g/mol. The molecule has 3 nitrogen and oxygen atoms in total. The van der Waals surface area contributed by atoms with Crippen molar-refractivity contribution in [3.05, 3.63) is 0 Å². The molecule has 2 fully saturated rings. The van der Waals surface area contributed by atoms with E-state index in [1.807, 2.05) is 0 Å². The number of nitrogens with one attached hydrogen (secondary N) is 1. The average molecular weight is 239 g/mol. The van der Waals surface area contributed by atoms with Crippen LogP contribution in [0.5, 0.6) is 0 Å². The van der Waals surface area contributed by atoms with Gasteiger partial charge in [0, 0.05) is 31.7 Å². The summed E-state index contributed by atoms with van der Waals surface area (Å²) in [5, 5.41) is 3.31. The van der Waals surface area contributed by atoms with E-state index in [1.54, 1.807) is 0 Å². The van der Waals surface area contributed by atoms with Crippen LogP contribution in [0.3, 0.4) is 0 Å². The molecule has 3 heteroatoms. The Morgan fingerprint density at radius 3 is 2.76 bits per heavy atom. The third-order valence-corrected chi connectivity index (χ3v) is 4.79. The Labute approximate surface area is 107 Å². The highest BCUT2D eigenvalue weighted by Crippen LogP contribution is 2.23. The van der Waals surface area contributed by atoms with Crippen molar-refractivity contribution in [3.63, 3.8) is 0 Å². The topological polar surface area (TPSA) is 18.5 Å². The van der Waals surface area contributed by atoms with Crippen molar-refractivity contribution in [1.29, 1.82) is 0 Å². The largest absolute Gasteiger partial charge is 0.319 e. The first kappa shape index (κ1) is 13.3. The molecule has 0 saturated carbocycles. The van der Waals surface area contributed by atoms with Crippen molar-refractivity contribution in [3.8, 4) is 0 Å². The second kappa shape index (κ2) is 6.17. The summed E-state index contributed by atoms with van der Waals surface area (Å²) < 4.78 is 0. The Balaban J connectivity index is 1.86. The number of piperazine rings is 1. The number of nitrogens with zero attached hydrogens (tertiary/aromatic N) is 2. The van der Waals surface area contributed by atoms with Gasteiger partial charge in [0.2, 0.25) is 0 Å². The lowest BCUT2D eigenvalue weighted by Crippen LogP contribution is -2.58. The van der Waals surface area contributed by atoms with E-state index in [2.05, 4.69) is 36.0 Å². The molecule has 17 heavy (non-hydrogen) atoms. The standard InChI is InChI=1S/C14H29N3/c1-12(10-15-3)13(2)17-9-8-16-7-5-4-6-14(16)11-17/h12-15H,4-11H2,1-3H3. The van der Waals surface area contributed by atoms with E-state index in [9.17, 15) is 0 Å². The molecule has 0 aliphatic carbocycles. The zero-order valence-electron chi connectivity index (χ0n) is 11.8. The first-order valence-corrected chi connectivity index (χ1v) is 7.35. The summed E-state index contributed by atoms with van der Waals surface area (Å²) in [6.07, 6.45) is 4.28. The Hall–Kier alpha value is -0.120. The second-order valence-electron chi connectivity index (χ2n) is 5.96. The number of hydrogen-bond acceptors (Lipinski definition) is 3. The summed E-state index contributed by atoms with van der Waals surface area (Å²) in [4.78, 5) is 5.43. The maximum atomic E-state index is 3.31. The van der Waals surface area contributed by atoms with Crippen molar-refractivity contribution in [2.24, 2.45) is 5.92 Å². The summed E-state index contributed by atoms with van der Waals surface area (Å²) in [5.74, 6) is 0.746. The van der Waals surface area contributed by atoms with Gasteiger partial charge in [0.1, 0.15) is 0 Å². The molecule has 2 aliphatic heterocycles. The van der Waals surface area contributed by atoms with Gasteiger partial charge >= 0.3 is 0 Å². The maximum Gasteiger partial charge on any atom is 0.0223 e. The molecule has 1 N–H and O–H groups in total. The molecule has 2 saturated heterocycles. The zero-order chi connectivity index (χ0) is 12.3. The van der Waals surface area contributed by atoms with E-state index in [1.165, 1.54) is 45.4 Å². The van der Waals surface area contributed by atoms with Crippen molar-refractivity contribution in [2.45, 2.75) is 45.2 Å². The van der Waals surface area contributed by atoms with Crippen LogP contribution in [0.4, 0.5) is 0 Å². The molecular formula is C14H29N3. The summed E-state index contributed by atoms with van der Waals surface area (Å²) in [6, 6.07) is 1.56. The molecule has 0 bridgehead atoms. The first-order valence-electron chi connectivity index (χ1n) is 7.35. The van der Waals surface area contributed by atoms with Crippen LogP contribution in [0.2, 0.25) is 0 Å². The summed E-state index contributed by atoms with van der Waals surface area (Å²) in [5.41, 5.74) is 0. The Bertz CT molecular complexity index is 232. The van der Waals surface area contributed by atoms with Gasteiger partial charge < -0.3 is 5.32 Å². The van der Waals surface area contributed by atoms with Crippen LogP contribution in [0.25, 0.3) is 0 Å². The highest BCUT2D eigenvalue weighted by molar-refractivity contribution is 4.88. The van der Waals surface area contributed by atoms with Gasteiger partial charge in [-0.2, -0.15) is 0 Å². The monoisotopic (exact) mass is 239 g/mol. The molecule has 0 amide bonds. The lowest BCUT2D eigenvalue weighted by atomic mass is 9.96. The fourth-order valence-electron chi connectivity index (χ4n) is 3.40. The highest BCUT2D eigenvalue weighted by Gasteiger charge is 2.31. The predicted octanol–water partition coefficient (Wildman–Crippen LogP) is 1.40. The van der Waals surface area contributed by atoms with Crippen molar-refractivity contribution in [2.75, 3.05) is 39.8 Å². The Morgan fingerprint density at radius 1 is 1.18 bits per heavy atom. The summed E-state index contributed by atoms with van der Waals surface area (Å²) >= 11 is 0. The average Bonchev–Trinajstić information content (AvgIpc) is 2.37. The van der Waals surface area contributed by atoms with Crippen LogP contribution in [-0.2, 0) is 0 Å². The van der Waals surface area contributed by atoms with Gasteiger partial charge in [0.05, 0.1) is 0 Å². The third-order valence-electron chi connectivity index (χ3n) is 4.79. The van der Waals surface area contributed by atoms with E-state index in [0.717, 1.165) is 18.5 Å². The molecule has 3 unspecified atom stereocenters. The van der Waals surface area contributed by atoms with Gasteiger partial charge in [0.25, 0.3) is 0 Å². The Kier molecular flexibility index (Phi) is 4.83. The first-order chi connectivity index (χ1) is 8.22. The van der Waals surface area contributed by atoms with Gasteiger partial charge in [-0.05, 0) is 45.8 Å². The van der Waals surface area contributed by atoms with Crippen LogP contribution >= 0.6 is 0 Å². The lowest BCUT2D eigenvalue weighted by Gasteiger charge is -2.47. The Morgan fingerprint density at radius 2 is 2.00 bits per heavy atom. The molecule has 2 rings (SSSR count). The summed E-state index contributed by atoms with van der Waals surface area (Å²) in [7, 11) is 2.06. The van der Waals surface area contributed by atoms with Crippen LogP contribution in [-0.4, -0.2) is 61.7 Å². The number of rotatable bonds is 4. The molecule has 100 valence electrons. The second-order valence-corrected chi connectivity index (χ2v) is 5.96. The van der Waals surface area contributed by atoms with E-state index >= 15 is 0 Å². The van der Waals surface area contributed by atoms with Crippen LogP contribution in [0.1, 0.15) is 33.1 Å². The van der Waals surface area contributed by atoms with Gasteiger partial charge in [-0.3, -0.25) is 9.80 Å². The van der Waals surface area contributed by atoms with Gasteiger partial charge in [0.15, 0.2) is 0 Å². The SMILES string of the molecule is CNCC(C)C(C)N1CCN2CCCCC2C1. The highest BCUT2D eigenvalue weighted by atomic mass is 15.3. The molecule has 0 aromatic rings. The van der Waals surface area contributed by atoms with Crippen molar-refractivity contribution >= 4 is 0 Å². The van der Waals surface area contributed by atoms with Gasteiger partial charge in [-0.25, -0.2) is 0 Å². The minimum Gasteiger partial charge on any atom is -0.319 e. The number of piperidine rings is 1. The van der Waals surface area contributed by atoms with Crippen LogP contribution < -0.4 is 5.32 Å². The normalized spacial score (nSPS) is 30.9. The minimum atomic E-state index is 0.714. The van der Waals surface area contributed by atoms with Crippen LogP contribution in [0.15, 0.2) is 0 Å². The lowest BCUT2D eigenvalue weighted by molar-refractivity contribution is 0.0194. The minimum absolute atomic E-state index is 0.714. The molecule has 0 spiro atoms. The number of hydrogen-bond donors (Lipinski definition) is 1. The van der Waals surface area contributed by atoms with Crippen LogP contribution in [0, 0.1) is 5.92 Å². The van der Waals surface area contributed by atoms with Gasteiger partial charge in [-0.1, -0.05) is 13.3 Å². The van der Waals surface area contributed by atoms with E-state index < -0.39 is 0 Å². The molecule has 0 radical (unpaired) electrons. The third kappa shape index (κ3) is 3.21. The fraction of sp³-hybridized carbons (Fsp3) is 1.00. The smallest absolute Gasteiger partial charge is 0.0223 e. The van der Waals surface area contributed by atoms with Crippen molar-refractivity contribution in [1.82, 2.24) is 15.1 Å². The maximum absolute atomic E-state index is 3.31. The van der Waals surface area contributed by atoms with E-state index in [4.69, 9.17) is 0 Å². The molecule has 2 heterocycles. The van der Waals surface area contributed by atoms with E-state index in [0.29, 0.717) is 6.04 Å². The van der Waals surface area contributed by atoms with Crippen molar-refractivity contribution < 1.29 is 0 Å².